The summed E-state index contributed by atoms with van der Waals surface area (Å²) in [6.45, 7) is 3.18. The number of amides is 2. The van der Waals surface area contributed by atoms with E-state index in [4.69, 9.17) is 14.2 Å². The highest BCUT2D eigenvalue weighted by Crippen LogP contribution is 2.21. The van der Waals surface area contributed by atoms with Gasteiger partial charge in [-0.15, -0.1) is 0 Å². The number of hydrogen-bond acceptors (Lipinski definition) is 5. The van der Waals surface area contributed by atoms with Crippen molar-refractivity contribution in [2.75, 3.05) is 30.5 Å². The molecular formula is C30H28N2O5. The standard InChI is InChI=1S/C30H28N2O5/c1-2-35-25-17-15-23(16-18-25)31-30(34)27-13-6-7-14-28(27)32-29(33)22-9-8-12-26(21-22)37-20-19-36-24-10-4-3-5-11-24/h3-18,21H,2,19-20H2,1H3,(H,31,34)(H,32,33). The number of hydrogen-bond donors (Lipinski definition) is 2. The summed E-state index contributed by atoms with van der Waals surface area (Å²) in [6.07, 6.45) is 0. The maximum Gasteiger partial charge on any atom is 0.257 e. The SMILES string of the molecule is CCOc1ccc(NC(=O)c2ccccc2NC(=O)c2cccc(OCCOc3ccccc3)c2)cc1. The highest BCUT2D eigenvalue weighted by molar-refractivity contribution is 6.12. The topological polar surface area (TPSA) is 85.9 Å². The summed E-state index contributed by atoms with van der Waals surface area (Å²) in [4.78, 5) is 25.9. The third-order valence-electron chi connectivity index (χ3n) is 5.30. The lowest BCUT2D eigenvalue weighted by atomic mass is 10.1. The molecule has 0 fully saturated rings. The second kappa shape index (κ2) is 12.8. The second-order valence-electron chi connectivity index (χ2n) is 7.95. The van der Waals surface area contributed by atoms with Gasteiger partial charge in [0.15, 0.2) is 0 Å². The molecule has 4 rings (SSSR count). The fourth-order valence-corrected chi connectivity index (χ4v) is 3.55. The predicted molar refractivity (Wildman–Crippen MR) is 144 cm³/mol. The van der Waals surface area contributed by atoms with E-state index in [2.05, 4.69) is 10.6 Å². The average Bonchev–Trinajstić information content (AvgIpc) is 2.93. The third-order valence-corrected chi connectivity index (χ3v) is 5.30. The van der Waals surface area contributed by atoms with Crippen LogP contribution in [0.15, 0.2) is 103 Å². The van der Waals surface area contributed by atoms with Crippen LogP contribution in [-0.4, -0.2) is 31.6 Å². The van der Waals surface area contributed by atoms with Gasteiger partial charge in [0.05, 0.1) is 17.9 Å². The van der Waals surface area contributed by atoms with Gasteiger partial charge in [0.1, 0.15) is 30.5 Å². The Morgan fingerprint density at radius 1 is 0.622 bits per heavy atom. The van der Waals surface area contributed by atoms with Crippen molar-refractivity contribution >= 4 is 23.2 Å². The Labute approximate surface area is 216 Å². The molecular weight excluding hydrogens is 468 g/mol. The molecule has 2 N–H and O–H groups in total. The molecule has 2 amide bonds. The average molecular weight is 497 g/mol. The normalized spacial score (nSPS) is 10.3. The molecule has 7 nitrogen and oxygen atoms in total. The monoisotopic (exact) mass is 496 g/mol. The first kappa shape index (κ1) is 25.3. The zero-order valence-corrected chi connectivity index (χ0v) is 20.5. The molecule has 0 radical (unpaired) electrons. The van der Waals surface area contributed by atoms with Gasteiger partial charge in [0.2, 0.25) is 0 Å². The van der Waals surface area contributed by atoms with Gasteiger partial charge in [-0.2, -0.15) is 0 Å². The van der Waals surface area contributed by atoms with E-state index in [1.54, 1.807) is 72.8 Å². The molecule has 0 heterocycles. The number of anilines is 2. The summed E-state index contributed by atoms with van der Waals surface area (Å²) < 4.78 is 16.8. The van der Waals surface area contributed by atoms with Crippen LogP contribution in [0.25, 0.3) is 0 Å². The van der Waals surface area contributed by atoms with Gasteiger partial charge >= 0.3 is 0 Å². The minimum absolute atomic E-state index is 0.328. The summed E-state index contributed by atoms with van der Waals surface area (Å²) in [5, 5.41) is 5.69. The first-order valence-corrected chi connectivity index (χ1v) is 12.0. The van der Waals surface area contributed by atoms with Crippen molar-refractivity contribution in [3.63, 3.8) is 0 Å². The predicted octanol–water partition coefficient (Wildman–Crippen LogP) is 6.05. The third kappa shape index (κ3) is 7.35. The Morgan fingerprint density at radius 3 is 2.03 bits per heavy atom. The Balaban J connectivity index is 1.36. The molecule has 0 spiro atoms. The molecule has 0 atom stereocenters. The van der Waals surface area contributed by atoms with Crippen LogP contribution in [0.4, 0.5) is 11.4 Å². The van der Waals surface area contributed by atoms with Gasteiger partial charge in [0.25, 0.3) is 11.8 Å². The Hall–Kier alpha value is -4.78. The summed E-state index contributed by atoms with van der Waals surface area (Å²) >= 11 is 0. The molecule has 0 unspecified atom stereocenters. The number of rotatable bonds is 11. The van der Waals surface area contributed by atoms with Gasteiger partial charge < -0.3 is 24.8 Å². The van der Waals surface area contributed by atoms with Crippen LogP contribution in [0.1, 0.15) is 27.6 Å². The van der Waals surface area contributed by atoms with E-state index in [-0.39, 0.29) is 11.8 Å². The molecule has 0 saturated heterocycles. The van der Waals surface area contributed by atoms with Crippen molar-refractivity contribution in [2.45, 2.75) is 6.92 Å². The van der Waals surface area contributed by atoms with Gasteiger partial charge in [-0.05, 0) is 73.7 Å². The fourth-order valence-electron chi connectivity index (χ4n) is 3.55. The molecule has 0 aliphatic rings. The minimum atomic E-state index is -0.354. The molecule has 0 aliphatic carbocycles. The molecule has 188 valence electrons. The van der Waals surface area contributed by atoms with E-state index in [1.807, 2.05) is 37.3 Å². The lowest BCUT2D eigenvalue weighted by Gasteiger charge is -2.13. The number of carbonyl (C=O) groups is 2. The van der Waals surface area contributed by atoms with E-state index in [9.17, 15) is 9.59 Å². The van der Waals surface area contributed by atoms with E-state index in [1.165, 1.54) is 0 Å². The zero-order chi connectivity index (χ0) is 25.9. The van der Waals surface area contributed by atoms with Crippen molar-refractivity contribution in [2.24, 2.45) is 0 Å². The first-order chi connectivity index (χ1) is 18.1. The number of para-hydroxylation sites is 2. The molecule has 4 aromatic rings. The van der Waals surface area contributed by atoms with Crippen molar-refractivity contribution < 1.29 is 23.8 Å². The van der Waals surface area contributed by atoms with Gasteiger partial charge in [-0.25, -0.2) is 0 Å². The summed E-state index contributed by atoms with van der Waals surface area (Å²) in [5.41, 5.74) is 1.77. The first-order valence-electron chi connectivity index (χ1n) is 12.0. The highest BCUT2D eigenvalue weighted by atomic mass is 16.5. The van der Waals surface area contributed by atoms with Crippen molar-refractivity contribution in [3.05, 3.63) is 114 Å². The van der Waals surface area contributed by atoms with Crippen LogP contribution < -0.4 is 24.8 Å². The number of nitrogens with one attached hydrogen (secondary N) is 2. The highest BCUT2D eigenvalue weighted by Gasteiger charge is 2.15. The molecule has 0 bridgehead atoms. The fraction of sp³-hybridized carbons (Fsp3) is 0.133. The molecule has 0 saturated carbocycles. The number of ether oxygens (including phenoxy) is 3. The second-order valence-corrected chi connectivity index (χ2v) is 7.95. The maximum atomic E-state index is 13.0. The molecule has 37 heavy (non-hydrogen) atoms. The smallest absolute Gasteiger partial charge is 0.257 e. The summed E-state index contributed by atoms with van der Waals surface area (Å²) in [6, 6.07) is 30.3. The molecule has 4 aromatic carbocycles. The Kier molecular flexibility index (Phi) is 8.75. The van der Waals surface area contributed by atoms with Crippen molar-refractivity contribution in [3.8, 4) is 17.2 Å². The number of benzene rings is 4. The summed E-state index contributed by atoms with van der Waals surface area (Å²) in [7, 11) is 0. The zero-order valence-electron chi connectivity index (χ0n) is 20.5. The van der Waals surface area contributed by atoms with Crippen LogP contribution >= 0.6 is 0 Å². The van der Waals surface area contributed by atoms with Crippen molar-refractivity contribution in [1.82, 2.24) is 0 Å². The molecule has 0 aromatic heterocycles. The van der Waals surface area contributed by atoms with E-state index in [0.29, 0.717) is 48.1 Å². The maximum absolute atomic E-state index is 13.0. The number of carbonyl (C=O) groups excluding carboxylic acids is 2. The van der Waals surface area contributed by atoms with Crippen molar-refractivity contribution in [1.29, 1.82) is 0 Å². The van der Waals surface area contributed by atoms with E-state index in [0.717, 1.165) is 11.5 Å². The quantitative estimate of drug-likeness (QED) is 0.247. The minimum Gasteiger partial charge on any atom is -0.494 e. The largest absolute Gasteiger partial charge is 0.494 e. The van der Waals surface area contributed by atoms with Crippen LogP contribution in [-0.2, 0) is 0 Å². The van der Waals surface area contributed by atoms with Gasteiger partial charge in [0, 0.05) is 11.3 Å². The van der Waals surface area contributed by atoms with Crippen LogP contribution in [0.2, 0.25) is 0 Å². The Morgan fingerprint density at radius 2 is 1.27 bits per heavy atom. The summed E-state index contributed by atoms with van der Waals surface area (Å²) in [5.74, 6) is 1.35. The lowest BCUT2D eigenvalue weighted by molar-refractivity contribution is 0.102. The van der Waals surface area contributed by atoms with Crippen LogP contribution in [0.3, 0.4) is 0 Å². The van der Waals surface area contributed by atoms with Crippen LogP contribution in [0, 0.1) is 0 Å². The molecule has 0 aliphatic heterocycles. The van der Waals surface area contributed by atoms with Crippen LogP contribution in [0.5, 0.6) is 17.2 Å². The Bertz CT molecular complexity index is 1320. The van der Waals surface area contributed by atoms with E-state index >= 15 is 0 Å². The van der Waals surface area contributed by atoms with Gasteiger partial charge in [-0.3, -0.25) is 9.59 Å². The van der Waals surface area contributed by atoms with Gasteiger partial charge in [-0.1, -0.05) is 36.4 Å². The molecule has 7 heteroatoms. The van der Waals surface area contributed by atoms with E-state index < -0.39 is 0 Å². The lowest BCUT2D eigenvalue weighted by Crippen LogP contribution is -2.18.